The number of benzene rings is 2. The number of hydrogen-bond acceptors (Lipinski definition) is 9. The van der Waals surface area contributed by atoms with E-state index in [1.54, 1.807) is 30.6 Å². The number of likely N-dealkylation sites (tertiary alicyclic amines) is 1. The molecule has 1 unspecified atom stereocenters. The lowest BCUT2D eigenvalue weighted by Gasteiger charge is -2.32. The van der Waals surface area contributed by atoms with E-state index < -0.39 is 42.5 Å². The van der Waals surface area contributed by atoms with Gasteiger partial charge in [-0.3, -0.25) is 39.3 Å². The monoisotopic (exact) mass is 764 g/mol. The van der Waals surface area contributed by atoms with Crippen LogP contribution in [0.3, 0.4) is 0 Å². The molecule has 2 aromatic carbocycles. The fourth-order valence-electron chi connectivity index (χ4n) is 6.37. The number of aliphatic imine (C=N–C) groups is 1. The Hall–Kier alpha value is -5.12. The lowest BCUT2D eigenvalue weighted by atomic mass is 10.0. The number of alkyl halides is 2. The highest BCUT2D eigenvalue weighted by atomic mass is 79.9. The Labute approximate surface area is 299 Å². The van der Waals surface area contributed by atoms with Crippen molar-refractivity contribution in [1.82, 2.24) is 30.4 Å². The maximum atomic E-state index is 15.0. The van der Waals surface area contributed by atoms with Crippen molar-refractivity contribution >= 4 is 68.3 Å². The van der Waals surface area contributed by atoms with Crippen LogP contribution >= 0.6 is 15.9 Å². The van der Waals surface area contributed by atoms with E-state index in [1.807, 2.05) is 18.2 Å². The number of nitrogens with one attached hydrogen (secondary N) is 2. The summed E-state index contributed by atoms with van der Waals surface area (Å²) in [6.07, 6.45) is 4.19. The van der Waals surface area contributed by atoms with E-state index >= 15 is 0 Å². The Morgan fingerprint density at radius 1 is 1.14 bits per heavy atom. The maximum Gasteiger partial charge on any atom is 0.325 e. The highest BCUT2D eigenvalue weighted by molar-refractivity contribution is 9.10. The first kappa shape index (κ1) is 35.7. The lowest BCUT2D eigenvalue weighted by Crippen LogP contribution is -2.52. The Morgan fingerprint density at radius 3 is 2.67 bits per heavy atom. The van der Waals surface area contributed by atoms with Gasteiger partial charge in [0.25, 0.3) is 11.8 Å². The largest absolute Gasteiger partial charge is 0.404 e. The number of hydrogen-bond donors (Lipinski definition) is 3. The number of fused-ring (bicyclic) bond motifs is 2. The Balaban J connectivity index is 0.951. The van der Waals surface area contributed by atoms with Gasteiger partial charge in [0.15, 0.2) is 0 Å². The number of imide groups is 1. The summed E-state index contributed by atoms with van der Waals surface area (Å²) in [7, 11) is 0. The average Bonchev–Trinajstić information content (AvgIpc) is 3.45. The molecule has 51 heavy (non-hydrogen) atoms. The van der Waals surface area contributed by atoms with Crippen molar-refractivity contribution < 1.29 is 32.8 Å². The van der Waals surface area contributed by atoms with Crippen LogP contribution in [0.25, 0.3) is 16.6 Å². The molecule has 266 valence electrons. The number of amides is 5. The van der Waals surface area contributed by atoms with Gasteiger partial charge in [0, 0.05) is 73.5 Å². The van der Waals surface area contributed by atoms with Crippen molar-refractivity contribution in [2.45, 2.75) is 69.6 Å². The molecule has 3 aromatic rings. The molecule has 3 aliphatic rings. The SMILES string of the molecule is NC=C(C=NC1CCN(C(=O)C(F)(F)CCC(=O)NCc2ccc3c(c2)CN(C2CCC(=O)NC2=O)C3=O)CC1)c1cnc2cccc(Br)c2n1. The molecule has 13 nitrogen and oxygen atoms in total. The number of allylic oxidation sites excluding steroid dienone is 1. The second-order valence-corrected chi connectivity index (χ2v) is 13.5. The maximum absolute atomic E-state index is 15.0. The van der Waals surface area contributed by atoms with E-state index in [-0.39, 0.29) is 56.9 Å². The van der Waals surface area contributed by atoms with Gasteiger partial charge in [-0.2, -0.15) is 8.78 Å². The van der Waals surface area contributed by atoms with Gasteiger partial charge in [-0.15, -0.1) is 0 Å². The number of nitrogens with two attached hydrogens (primary N) is 1. The van der Waals surface area contributed by atoms with Crippen LogP contribution in [0.15, 0.2) is 58.3 Å². The minimum atomic E-state index is -3.72. The van der Waals surface area contributed by atoms with Gasteiger partial charge < -0.3 is 20.9 Å². The molecule has 2 fully saturated rings. The molecule has 0 aliphatic carbocycles. The second kappa shape index (κ2) is 15.0. The van der Waals surface area contributed by atoms with Gasteiger partial charge in [0.2, 0.25) is 17.7 Å². The van der Waals surface area contributed by atoms with E-state index in [1.165, 1.54) is 11.1 Å². The molecule has 5 amide bonds. The van der Waals surface area contributed by atoms with Crippen LogP contribution in [-0.4, -0.2) is 86.6 Å². The zero-order valence-corrected chi connectivity index (χ0v) is 29.0. The molecule has 4 heterocycles. The quantitative estimate of drug-likeness (QED) is 0.208. The van der Waals surface area contributed by atoms with Crippen molar-refractivity contribution in [3.63, 3.8) is 0 Å². The molecule has 3 aliphatic heterocycles. The Morgan fingerprint density at radius 2 is 1.92 bits per heavy atom. The summed E-state index contributed by atoms with van der Waals surface area (Å²) in [5.41, 5.74) is 10.0. The highest BCUT2D eigenvalue weighted by Crippen LogP contribution is 2.29. The molecular weight excluding hydrogens is 730 g/mol. The number of nitrogens with zero attached hydrogens (tertiary/aromatic N) is 5. The number of piperidine rings is 2. The molecule has 0 saturated carbocycles. The molecule has 6 rings (SSSR count). The van der Waals surface area contributed by atoms with Gasteiger partial charge in [0.1, 0.15) is 11.6 Å². The van der Waals surface area contributed by atoms with Crippen LogP contribution in [-0.2, 0) is 32.3 Å². The average molecular weight is 766 g/mol. The number of rotatable bonds is 10. The molecule has 0 bridgehead atoms. The molecule has 0 radical (unpaired) electrons. The van der Waals surface area contributed by atoms with Crippen LogP contribution in [0.4, 0.5) is 8.78 Å². The third-order valence-electron chi connectivity index (χ3n) is 9.23. The number of carbonyl (C=O) groups excluding carboxylic acids is 5. The van der Waals surface area contributed by atoms with Crippen LogP contribution in [0.2, 0.25) is 0 Å². The minimum absolute atomic E-state index is 0.0261. The smallest absolute Gasteiger partial charge is 0.325 e. The lowest BCUT2D eigenvalue weighted by molar-refractivity contribution is -0.160. The number of carbonyl (C=O) groups is 5. The van der Waals surface area contributed by atoms with Crippen LogP contribution in [0, 0.1) is 0 Å². The van der Waals surface area contributed by atoms with Gasteiger partial charge in [0.05, 0.1) is 23.4 Å². The third-order valence-corrected chi connectivity index (χ3v) is 9.87. The minimum Gasteiger partial charge on any atom is -0.404 e. The van der Waals surface area contributed by atoms with E-state index in [4.69, 9.17) is 5.73 Å². The van der Waals surface area contributed by atoms with Crippen molar-refractivity contribution in [2.24, 2.45) is 10.7 Å². The summed E-state index contributed by atoms with van der Waals surface area (Å²) in [6.45, 7) is 0.382. The summed E-state index contributed by atoms with van der Waals surface area (Å²) >= 11 is 3.47. The van der Waals surface area contributed by atoms with E-state index in [0.717, 1.165) is 9.37 Å². The normalized spacial score (nSPS) is 18.8. The zero-order chi connectivity index (χ0) is 36.3. The molecular formula is C35H35BrF2N8O5. The van der Waals surface area contributed by atoms with E-state index in [0.29, 0.717) is 51.8 Å². The Kier molecular flexibility index (Phi) is 10.5. The number of para-hydroxylation sites is 1. The molecule has 16 heteroatoms. The van der Waals surface area contributed by atoms with Gasteiger partial charge in [-0.1, -0.05) is 18.2 Å². The van der Waals surface area contributed by atoms with Crippen molar-refractivity contribution in [3.8, 4) is 0 Å². The standard InChI is InChI=1S/C35H35BrF2N8O5/c36-25-2-1-3-26-31(25)43-27(18-41-26)22(15-39)17-40-23-9-12-45(13-10-23)34(51)35(37,38)11-8-29(47)42-16-20-4-5-24-21(14-20)19-46(33(24)50)28-6-7-30(48)44-32(28)49/h1-5,14-15,17-18,23,28H,6-13,16,19,39H2,(H,42,47)(H,44,48,49). The first-order valence-corrected chi connectivity index (χ1v) is 17.3. The summed E-state index contributed by atoms with van der Waals surface area (Å²) in [6, 6.07) is 9.56. The van der Waals surface area contributed by atoms with Crippen molar-refractivity contribution in [2.75, 3.05) is 13.1 Å². The Bertz CT molecular complexity index is 1960. The van der Waals surface area contributed by atoms with Crippen molar-refractivity contribution in [1.29, 1.82) is 0 Å². The highest BCUT2D eigenvalue weighted by Gasteiger charge is 2.43. The predicted octanol–water partition coefficient (Wildman–Crippen LogP) is 3.25. The molecule has 2 saturated heterocycles. The zero-order valence-electron chi connectivity index (χ0n) is 27.4. The van der Waals surface area contributed by atoms with Crippen LogP contribution in [0.1, 0.15) is 65.7 Å². The van der Waals surface area contributed by atoms with Gasteiger partial charge in [-0.05, 0) is 64.5 Å². The van der Waals surface area contributed by atoms with Crippen molar-refractivity contribution in [3.05, 3.63) is 75.7 Å². The fourth-order valence-corrected chi connectivity index (χ4v) is 6.82. The molecule has 0 spiro atoms. The van der Waals surface area contributed by atoms with Gasteiger partial charge in [-0.25, -0.2) is 4.98 Å². The molecule has 1 aromatic heterocycles. The number of aromatic nitrogens is 2. The number of halogens is 3. The first-order chi connectivity index (χ1) is 24.4. The third kappa shape index (κ3) is 7.95. The van der Waals surface area contributed by atoms with E-state index in [2.05, 4.69) is 41.5 Å². The van der Waals surface area contributed by atoms with Gasteiger partial charge >= 0.3 is 5.92 Å². The van der Waals surface area contributed by atoms with Crippen LogP contribution in [0.5, 0.6) is 0 Å². The summed E-state index contributed by atoms with van der Waals surface area (Å²) in [5.74, 6) is -6.90. The molecule has 1 atom stereocenters. The topological polar surface area (TPSA) is 180 Å². The first-order valence-electron chi connectivity index (χ1n) is 16.5. The summed E-state index contributed by atoms with van der Waals surface area (Å²) in [5, 5.41) is 4.85. The summed E-state index contributed by atoms with van der Waals surface area (Å²) < 4.78 is 30.7. The summed E-state index contributed by atoms with van der Waals surface area (Å²) in [4.78, 5) is 78.1. The second-order valence-electron chi connectivity index (χ2n) is 12.7. The molecule has 4 N–H and O–H groups in total. The van der Waals surface area contributed by atoms with E-state index in [9.17, 15) is 32.8 Å². The predicted molar refractivity (Wildman–Crippen MR) is 186 cm³/mol. The fraction of sp³-hybridized carbons (Fsp3) is 0.371. The van der Waals surface area contributed by atoms with Crippen LogP contribution < -0.4 is 16.4 Å².